The van der Waals surface area contributed by atoms with E-state index in [2.05, 4.69) is 24.9 Å². The molecule has 76 valence electrons. The molecule has 0 aliphatic rings. The quantitative estimate of drug-likeness (QED) is 0.739. The highest BCUT2D eigenvalue weighted by atomic mass is 16.5. The monoisotopic (exact) mass is 191 g/mol. The van der Waals surface area contributed by atoms with Crippen LogP contribution >= 0.6 is 0 Å². The number of hydrogen-bond donors (Lipinski definition) is 1. The number of ether oxygens (including phenoxy) is 1. The van der Waals surface area contributed by atoms with Crippen LogP contribution in [0.25, 0.3) is 0 Å². The lowest BCUT2D eigenvalue weighted by molar-refractivity contribution is 0.412. The Bertz CT molecular complexity index is 331. The molecule has 0 aliphatic heterocycles. The highest BCUT2D eigenvalue weighted by Crippen LogP contribution is 2.25. The molecule has 0 heterocycles. The van der Waals surface area contributed by atoms with E-state index in [4.69, 9.17) is 4.74 Å². The van der Waals surface area contributed by atoms with Crippen molar-refractivity contribution in [3.63, 3.8) is 0 Å². The number of benzene rings is 1. The lowest BCUT2D eigenvalue weighted by Gasteiger charge is -2.12. The standard InChI is InChI=1S/C12H17NO/c1-5-6-13-11-8-12(14-4)10(3)7-9(11)2/h5,7-8,13H,1,6H2,2-4H3. The number of anilines is 1. The smallest absolute Gasteiger partial charge is 0.123 e. The summed E-state index contributed by atoms with van der Waals surface area (Å²) in [4.78, 5) is 0. The fraction of sp³-hybridized carbons (Fsp3) is 0.333. The summed E-state index contributed by atoms with van der Waals surface area (Å²) in [6.45, 7) is 8.57. The van der Waals surface area contributed by atoms with Gasteiger partial charge in [-0.1, -0.05) is 12.1 Å². The van der Waals surface area contributed by atoms with Gasteiger partial charge in [-0.25, -0.2) is 0 Å². The van der Waals surface area contributed by atoms with Crippen molar-refractivity contribution >= 4 is 5.69 Å². The first-order valence-corrected chi connectivity index (χ1v) is 4.69. The molecule has 0 aliphatic carbocycles. The van der Waals surface area contributed by atoms with E-state index in [1.165, 1.54) is 5.56 Å². The van der Waals surface area contributed by atoms with Crippen LogP contribution in [0.5, 0.6) is 5.75 Å². The molecule has 0 amide bonds. The first-order chi connectivity index (χ1) is 6.69. The van der Waals surface area contributed by atoms with E-state index in [9.17, 15) is 0 Å². The molecule has 1 rings (SSSR count). The Balaban J connectivity index is 2.98. The van der Waals surface area contributed by atoms with Gasteiger partial charge in [0.15, 0.2) is 0 Å². The zero-order valence-electron chi connectivity index (χ0n) is 9.05. The van der Waals surface area contributed by atoms with Gasteiger partial charge in [0.2, 0.25) is 0 Å². The SMILES string of the molecule is C=CCNc1cc(OC)c(C)cc1C. The van der Waals surface area contributed by atoms with E-state index < -0.39 is 0 Å². The molecule has 1 N–H and O–H groups in total. The van der Waals surface area contributed by atoms with Crippen LogP contribution < -0.4 is 10.1 Å². The number of nitrogens with one attached hydrogen (secondary N) is 1. The van der Waals surface area contributed by atoms with Crippen molar-refractivity contribution < 1.29 is 4.74 Å². The molecule has 2 nitrogen and oxygen atoms in total. The summed E-state index contributed by atoms with van der Waals surface area (Å²) in [5.74, 6) is 0.919. The molecule has 0 radical (unpaired) electrons. The summed E-state index contributed by atoms with van der Waals surface area (Å²) in [6, 6.07) is 4.14. The number of aryl methyl sites for hydroxylation is 2. The van der Waals surface area contributed by atoms with Gasteiger partial charge >= 0.3 is 0 Å². The van der Waals surface area contributed by atoms with E-state index in [-0.39, 0.29) is 0 Å². The highest BCUT2D eigenvalue weighted by Gasteiger charge is 2.03. The first kappa shape index (κ1) is 10.6. The fourth-order valence-electron chi connectivity index (χ4n) is 1.42. The largest absolute Gasteiger partial charge is 0.496 e. The molecule has 1 aromatic rings. The molecular weight excluding hydrogens is 174 g/mol. The zero-order valence-corrected chi connectivity index (χ0v) is 9.05. The van der Waals surface area contributed by atoms with Crippen LogP contribution in [0.4, 0.5) is 5.69 Å². The second-order valence-corrected chi connectivity index (χ2v) is 3.31. The molecule has 0 saturated carbocycles. The van der Waals surface area contributed by atoms with Gasteiger partial charge in [-0.15, -0.1) is 6.58 Å². The number of rotatable bonds is 4. The summed E-state index contributed by atoms with van der Waals surface area (Å²) >= 11 is 0. The van der Waals surface area contributed by atoms with Gasteiger partial charge in [-0.3, -0.25) is 0 Å². The summed E-state index contributed by atoms with van der Waals surface area (Å²) < 4.78 is 5.25. The van der Waals surface area contributed by atoms with Gasteiger partial charge in [0.1, 0.15) is 5.75 Å². The van der Waals surface area contributed by atoms with Gasteiger partial charge < -0.3 is 10.1 Å². The Morgan fingerprint density at radius 2 is 2.07 bits per heavy atom. The molecule has 1 aromatic carbocycles. The molecule has 0 saturated heterocycles. The van der Waals surface area contributed by atoms with Crippen LogP contribution in [0, 0.1) is 13.8 Å². The maximum absolute atomic E-state index is 5.25. The lowest BCUT2D eigenvalue weighted by Crippen LogP contribution is -2.01. The third kappa shape index (κ3) is 2.28. The van der Waals surface area contributed by atoms with Gasteiger partial charge in [0.25, 0.3) is 0 Å². The second-order valence-electron chi connectivity index (χ2n) is 3.31. The molecule has 14 heavy (non-hydrogen) atoms. The van der Waals surface area contributed by atoms with Gasteiger partial charge in [-0.05, 0) is 25.0 Å². The second kappa shape index (κ2) is 4.70. The highest BCUT2D eigenvalue weighted by molar-refractivity contribution is 5.57. The Kier molecular flexibility index (Phi) is 3.57. The van der Waals surface area contributed by atoms with Crippen molar-refractivity contribution in [2.45, 2.75) is 13.8 Å². The molecule has 0 unspecified atom stereocenters. The summed E-state index contributed by atoms with van der Waals surface area (Å²) in [5, 5.41) is 3.27. The molecule has 0 spiro atoms. The Hall–Kier alpha value is -1.44. The number of methoxy groups -OCH3 is 1. The molecule has 0 aromatic heterocycles. The molecule has 0 fully saturated rings. The molecule has 2 heteroatoms. The average Bonchev–Trinajstić information content (AvgIpc) is 2.17. The minimum absolute atomic E-state index is 0.771. The van der Waals surface area contributed by atoms with Gasteiger partial charge in [0, 0.05) is 18.3 Å². The normalized spacial score (nSPS) is 9.64. The lowest BCUT2D eigenvalue weighted by atomic mass is 10.1. The summed E-state index contributed by atoms with van der Waals surface area (Å²) in [5.41, 5.74) is 3.49. The Morgan fingerprint density at radius 3 is 2.64 bits per heavy atom. The third-order valence-corrected chi connectivity index (χ3v) is 2.18. The minimum atomic E-state index is 0.771. The van der Waals surface area contributed by atoms with E-state index in [0.29, 0.717) is 0 Å². The van der Waals surface area contributed by atoms with Gasteiger partial charge in [0.05, 0.1) is 7.11 Å². The maximum Gasteiger partial charge on any atom is 0.123 e. The third-order valence-electron chi connectivity index (χ3n) is 2.18. The minimum Gasteiger partial charge on any atom is -0.496 e. The average molecular weight is 191 g/mol. The Morgan fingerprint density at radius 1 is 1.36 bits per heavy atom. The van der Waals surface area contributed by atoms with Crippen LogP contribution in [-0.2, 0) is 0 Å². The Labute approximate surface area is 85.6 Å². The predicted octanol–water partition coefficient (Wildman–Crippen LogP) is 2.91. The van der Waals surface area contributed by atoms with Crippen molar-refractivity contribution in [3.05, 3.63) is 35.9 Å². The van der Waals surface area contributed by atoms with Crippen LogP contribution in [0.1, 0.15) is 11.1 Å². The predicted molar refractivity (Wildman–Crippen MR) is 61.2 cm³/mol. The van der Waals surface area contributed by atoms with Crippen molar-refractivity contribution in [2.75, 3.05) is 19.0 Å². The van der Waals surface area contributed by atoms with E-state index in [1.807, 2.05) is 19.1 Å². The van der Waals surface area contributed by atoms with Crippen molar-refractivity contribution in [1.82, 2.24) is 0 Å². The van der Waals surface area contributed by atoms with E-state index >= 15 is 0 Å². The van der Waals surface area contributed by atoms with Crippen LogP contribution in [0.3, 0.4) is 0 Å². The van der Waals surface area contributed by atoms with Gasteiger partial charge in [-0.2, -0.15) is 0 Å². The number of hydrogen-bond acceptors (Lipinski definition) is 2. The topological polar surface area (TPSA) is 21.3 Å². The van der Waals surface area contributed by atoms with Crippen LogP contribution in [0.2, 0.25) is 0 Å². The van der Waals surface area contributed by atoms with Crippen LogP contribution in [-0.4, -0.2) is 13.7 Å². The molecular formula is C12H17NO. The van der Waals surface area contributed by atoms with Crippen molar-refractivity contribution in [3.8, 4) is 5.75 Å². The summed E-state index contributed by atoms with van der Waals surface area (Å²) in [7, 11) is 1.69. The first-order valence-electron chi connectivity index (χ1n) is 4.69. The fourth-order valence-corrected chi connectivity index (χ4v) is 1.42. The van der Waals surface area contributed by atoms with Crippen molar-refractivity contribution in [1.29, 1.82) is 0 Å². The van der Waals surface area contributed by atoms with Crippen LogP contribution in [0.15, 0.2) is 24.8 Å². The maximum atomic E-state index is 5.25. The van der Waals surface area contributed by atoms with Crippen molar-refractivity contribution in [2.24, 2.45) is 0 Å². The van der Waals surface area contributed by atoms with E-state index in [0.717, 1.165) is 23.5 Å². The zero-order chi connectivity index (χ0) is 10.6. The molecule has 0 atom stereocenters. The van der Waals surface area contributed by atoms with E-state index in [1.54, 1.807) is 7.11 Å². The summed E-state index contributed by atoms with van der Waals surface area (Å²) in [6.07, 6.45) is 1.84. The molecule has 0 bridgehead atoms.